The van der Waals surface area contributed by atoms with Crippen LogP contribution in [0.2, 0.25) is 0 Å². The van der Waals surface area contributed by atoms with Crippen LogP contribution in [0.15, 0.2) is 121 Å². The van der Waals surface area contributed by atoms with E-state index in [1.807, 2.05) is 0 Å². The van der Waals surface area contributed by atoms with E-state index in [1.54, 1.807) is 0 Å². The Morgan fingerprint density at radius 1 is 0.407 bits per heavy atom. The molecule has 0 fully saturated rings. The van der Waals surface area contributed by atoms with E-state index in [4.69, 9.17) is 0 Å². The van der Waals surface area contributed by atoms with E-state index >= 15 is 0 Å². The summed E-state index contributed by atoms with van der Waals surface area (Å²) in [4.78, 5) is 0. The molecule has 27 heavy (non-hydrogen) atoms. The summed E-state index contributed by atoms with van der Waals surface area (Å²) in [6.45, 7) is 0. The molecule has 4 rings (SSSR count). The Balaban J connectivity index is 0.00000210. The summed E-state index contributed by atoms with van der Waals surface area (Å²) in [6, 6.07) is 43.8. The standard InChI is InChI=1S/C25H22B.Na/c1-5-13-22(14-6-1)21-26(23-15-7-2-8-16-23,24-17-9-3-10-18-24)25-19-11-4-12-20-25;/h1-20H,21H2;/q-1;+1. The van der Waals surface area contributed by atoms with Crippen LogP contribution >= 0.6 is 0 Å². The molecular formula is C25H22BNa. The molecule has 4 aromatic rings. The second-order valence-corrected chi connectivity index (χ2v) is 6.97. The van der Waals surface area contributed by atoms with Gasteiger partial charge in [-0.1, -0.05) is 127 Å². The van der Waals surface area contributed by atoms with Crippen LogP contribution in [0.4, 0.5) is 0 Å². The third-order valence-electron chi connectivity index (χ3n) is 5.49. The van der Waals surface area contributed by atoms with Gasteiger partial charge >= 0.3 is 29.6 Å². The molecule has 0 heterocycles. The van der Waals surface area contributed by atoms with Gasteiger partial charge in [0, 0.05) is 0 Å². The number of hydrogen-bond donors (Lipinski definition) is 0. The van der Waals surface area contributed by atoms with E-state index < -0.39 is 6.15 Å². The first kappa shape index (κ1) is 19.7. The zero-order valence-electron chi connectivity index (χ0n) is 15.8. The van der Waals surface area contributed by atoms with E-state index in [0.717, 1.165) is 6.32 Å². The molecule has 2 heteroatoms. The van der Waals surface area contributed by atoms with Crippen LogP contribution in [0.3, 0.4) is 0 Å². The quantitative estimate of drug-likeness (QED) is 0.467. The molecule has 0 unspecified atom stereocenters. The molecule has 0 atom stereocenters. The molecule has 0 saturated heterocycles. The predicted molar refractivity (Wildman–Crippen MR) is 114 cm³/mol. The summed E-state index contributed by atoms with van der Waals surface area (Å²) in [5.74, 6) is 0. The maximum absolute atomic E-state index is 2.28. The Kier molecular flexibility index (Phi) is 6.74. The van der Waals surface area contributed by atoms with Crippen LogP contribution in [0.5, 0.6) is 0 Å². The van der Waals surface area contributed by atoms with Crippen molar-refractivity contribution in [2.45, 2.75) is 6.32 Å². The Hall–Kier alpha value is -2.06. The molecule has 0 aliphatic rings. The minimum Gasteiger partial charge on any atom is -0.200 e. The summed E-state index contributed by atoms with van der Waals surface area (Å²) >= 11 is 0. The van der Waals surface area contributed by atoms with Gasteiger partial charge in [0.2, 0.25) is 0 Å². The fraction of sp³-hybridized carbons (Fsp3) is 0.0400. The van der Waals surface area contributed by atoms with Gasteiger partial charge in [-0.25, -0.2) is 0 Å². The summed E-state index contributed by atoms with van der Waals surface area (Å²) in [5, 5.41) is 0. The van der Waals surface area contributed by atoms with Crippen molar-refractivity contribution >= 4 is 22.5 Å². The molecule has 0 spiro atoms. The molecule has 0 N–H and O–H groups in total. The molecule has 0 aliphatic carbocycles. The van der Waals surface area contributed by atoms with Gasteiger partial charge < -0.3 is 0 Å². The minimum atomic E-state index is -1.09. The van der Waals surface area contributed by atoms with Crippen LogP contribution < -0.4 is 45.9 Å². The van der Waals surface area contributed by atoms with Crippen molar-refractivity contribution in [3.05, 3.63) is 127 Å². The molecule has 0 amide bonds. The number of rotatable bonds is 5. The molecule has 0 radical (unpaired) electrons. The molecule has 0 saturated carbocycles. The predicted octanol–water partition coefficient (Wildman–Crippen LogP) is 0.943. The summed E-state index contributed by atoms with van der Waals surface area (Å²) in [7, 11) is 0. The summed E-state index contributed by atoms with van der Waals surface area (Å²) < 4.78 is 0. The van der Waals surface area contributed by atoms with Gasteiger partial charge in [0.1, 0.15) is 0 Å². The number of hydrogen-bond acceptors (Lipinski definition) is 0. The first-order chi connectivity index (χ1) is 12.9. The van der Waals surface area contributed by atoms with Crippen molar-refractivity contribution in [3.8, 4) is 0 Å². The molecule has 0 bridgehead atoms. The van der Waals surface area contributed by atoms with Crippen LogP contribution in [0.25, 0.3) is 0 Å². The summed E-state index contributed by atoms with van der Waals surface area (Å²) in [6.07, 6.45) is -0.109. The fourth-order valence-corrected chi connectivity index (χ4v) is 4.24. The van der Waals surface area contributed by atoms with E-state index in [1.165, 1.54) is 22.0 Å². The van der Waals surface area contributed by atoms with Crippen LogP contribution in [-0.4, -0.2) is 6.15 Å². The van der Waals surface area contributed by atoms with Crippen molar-refractivity contribution in [3.63, 3.8) is 0 Å². The Labute approximate surface area is 184 Å². The Morgan fingerprint density at radius 2 is 0.704 bits per heavy atom. The number of benzene rings is 4. The van der Waals surface area contributed by atoms with E-state index in [0.29, 0.717) is 0 Å². The topological polar surface area (TPSA) is 0 Å². The minimum absolute atomic E-state index is 0. The average molecular weight is 356 g/mol. The zero-order valence-corrected chi connectivity index (χ0v) is 17.8. The van der Waals surface area contributed by atoms with Gasteiger partial charge in [-0.05, 0) is 0 Å². The monoisotopic (exact) mass is 356 g/mol. The van der Waals surface area contributed by atoms with Gasteiger partial charge in [-0.3, -0.25) is 0 Å². The maximum atomic E-state index is 2.28. The van der Waals surface area contributed by atoms with Gasteiger partial charge in [0.15, 0.2) is 0 Å². The van der Waals surface area contributed by atoms with Crippen molar-refractivity contribution in [1.29, 1.82) is 0 Å². The van der Waals surface area contributed by atoms with Gasteiger partial charge in [0.25, 0.3) is 0 Å². The van der Waals surface area contributed by atoms with Crippen molar-refractivity contribution in [2.75, 3.05) is 0 Å². The van der Waals surface area contributed by atoms with Crippen LogP contribution in [0, 0.1) is 0 Å². The van der Waals surface area contributed by atoms with Crippen LogP contribution in [-0.2, 0) is 6.32 Å². The second kappa shape index (κ2) is 9.24. The third kappa shape index (κ3) is 4.11. The molecule has 0 aliphatic heterocycles. The molecule has 4 aromatic carbocycles. The molecule has 0 aromatic heterocycles. The largest absolute Gasteiger partial charge is 1.00 e. The smallest absolute Gasteiger partial charge is 0.200 e. The Morgan fingerprint density at radius 3 is 1.04 bits per heavy atom. The normalized spacial score (nSPS) is 10.8. The van der Waals surface area contributed by atoms with Crippen molar-refractivity contribution in [2.24, 2.45) is 0 Å². The fourth-order valence-electron chi connectivity index (χ4n) is 4.24. The third-order valence-corrected chi connectivity index (χ3v) is 5.49. The van der Waals surface area contributed by atoms with Crippen LogP contribution in [0.1, 0.15) is 5.56 Å². The maximum Gasteiger partial charge on any atom is 1.00 e. The first-order valence-corrected chi connectivity index (χ1v) is 9.27. The van der Waals surface area contributed by atoms with Crippen molar-refractivity contribution < 1.29 is 29.6 Å². The molecular weight excluding hydrogens is 334 g/mol. The van der Waals surface area contributed by atoms with Gasteiger partial charge in [0.05, 0.1) is 6.15 Å². The average Bonchev–Trinajstić information content (AvgIpc) is 2.75. The van der Waals surface area contributed by atoms with E-state index in [-0.39, 0.29) is 29.6 Å². The van der Waals surface area contributed by atoms with Gasteiger partial charge in [-0.2, -0.15) is 16.4 Å². The van der Waals surface area contributed by atoms with Crippen molar-refractivity contribution in [1.82, 2.24) is 0 Å². The zero-order chi connectivity index (χ0) is 17.7. The second-order valence-electron chi connectivity index (χ2n) is 6.97. The van der Waals surface area contributed by atoms with E-state index in [2.05, 4.69) is 121 Å². The molecule has 0 nitrogen and oxygen atoms in total. The Bertz CT molecular complexity index is 842. The van der Waals surface area contributed by atoms with E-state index in [9.17, 15) is 0 Å². The summed E-state index contributed by atoms with van der Waals surface area (Å²) in [5.41, 5.74) is 5.51. The first-order valence-electron chi connectivity index (χ1n) is 9.27. The SMILES string of the molecule is [Na+].c1ccc(C[B-](c2ccccc2)(c2ccccc2)c2ccccc2)cc1. The van der Waals surface area contributed by atoms with Gasteiger partial charge in [-0.15, -0.1) is 6.32 Å². The molecule has 126 valence electrons.